The van der Waals surface area contributed by atoms with Crippen molar-refractivity contribution in [2.75, 3.05) is 7.05 Å². The quantitative estimate of drug-likeness (QED) is 0.658. The van der Waals surface area contributed by atoms with E-state index in [-0.39, 0.29) is 0 Å². The number of rotatable bonds is 5. The smallest absolute Gasteiger partial charge is 0.203 e. The van der Waals surface area contributed by atoms with Crippen LogP contribution in [0.5, 0.6) is 0 Å². The van der Waals surface area contributed by atoms with E-state index < -0.39 is 11.6 Å². The minimum Gasteiger partial charge on any atom is -0.283 e. The van der Waals surface area contributed by atoms with Gasteiger partial charge in [0.15, 0.2) is 0 Å². The number of halogens is 2. The van der Waals surface area contributed by atoms with Crippen LogP contribution in [0.4, 0.5) is 8.78 Å². The van der Waals surface area contributed by atoms with Crippen LogP contribution in [0, 0.1) is 16.4 Å². The Balaban J connectivity index is 1.74. The van der Waals surface area contributed by atoms with Gasteiger partial charge in [0, 0.05) is 23.9 Å². The highest BCUT2D eigenvalue weighted by molar-refractivity contribution is 7.71. The molecule has 3 rings (SSSR count). The Morgan fingerprint density at radius 3 is 2.58 bits per heavy atom. The van der Waals surface area contributed by atoms with E-state index in [2.05, 4.69) is 5.10 Å². The van der Waals surface area contributed by atoms with Gasteiger partial charge in [0.2, 0.25) is 4.77 Å². The summed E-state index contributed by atoms with van der Waals surface area (Å²) in [6, 6.07) is 13.3. The van der Waals surface area contributed by atoms with Crippen molar-refractivity contribution < 1.29 is 8.78 Å². The summed E-state index contributed by atoms with van der Waals surface area (Å²) >= 11 is 5.45. The Bertz CT molecular complexity index is 889. The van der Waals surface area contributed by atoms with Gasteiger partial charge in [-0.05, 0) is 37.5 Å². The summed E-state index contributed by atoms with van der Waals surface area (Å²) in [7, 11) is 1.83. The van der Waals surface area contributed by atoms with Gasteiger partial charge in [-0.3, -0.25) is 9.47 Å². The second kappa shape index (κ2) is 7.02. The molecule has 2 aromatic carbocycles. The summed E-state index contributed by atoms with van der Waals surface area (Å²) in [5, 5.41) is 4.29. The molecule has 124 valence electrons. The molecule has 0 saturated heterocycles. The molecule has 0 spiro atoms. The number of aromatic nitrogens is 3. The van der Waals surface area contributed by atoms with E-state index in [9.17, 15) is 8.78 Å². The summed E-state index contributed by atoms with van der Waals surface area (Å²) in [4.78, 5) is 1.86. The van der Waals surface area contributed by atoms with Gasteiger partial charge in [-0.1, -0.05) is 24.3 Å². The highest BCUT2D eigenvalue weighted by atomic mass is 32.1. The summed E-state index contributed by atoms with van der Waals surface area (Å²) in [5.74, 6) is -1.14. The molecule has 0 fully saturated rings. The third-order valence-electron chi connectivity index (χ3n) is 3.60. The third-order valence-corrected chi connectivity index (χ3v) is 4.01. The molecule has 1 heterocycles. The van der Waals surface area contributed by atoms with Crippen LogP contribution in [-0.4, -0.2) is 26.3 Å². The van der Waals surface area contributed by atoms with E-state index in [0.717, 1.165) is 11.8 Å². The molecule has 0 saturated carbocycles. The number of benzene rings is 2. The first-order valence-electron chi connectivity index (χ1n) is 7.37. The van der Waals surface area contributed by atoms with Crippen LogP contribution in [-0.2, 0) is 13.2 Å². The van der Waals surface area contributed by atoms with Crippen molar-refractivity contribution in [3.63, 3.8) is 0 Å². The van der Waals surface area contributed by atoms with Crippen LogP contribution in [0.25, 0.3) is 5.69 Å². The van der Waals surface area contributed by atoms with Gasteiger partial charge in [-0.2, -0.15) is 5.10 Å². The van der Waals surface area contributed by atoms with Gasteiger partial charge in [-0.25, -0.2) is 13.5 Å². The molecule has 24 heavy (non-hydrogen) atoms. The van der Waals surface area contributed by atoms with Crippen LogP contribution < -0.4 is 0 Å². The fourth-order valence-corrected chi connectivity index (χ4v) is 2.68. The predicted octanol–water partition coefficient (Wildman–Crippen LogP) is 3.77. The lowest BCUT2D eigenvalue weighted by Crippen LogP contribution is -2.23. The minimum absolute atomic E-state index is 0.325. The van der Waals surface area contributed by atoms with Gasteiger partial charge in [-0.15, -0.1) is 0 Å². The molecule has 3 aromatic rings. The van der Waals surface area contributed by atoms with E-state index in [1.54, 1.807) is 11.0 Å². The third kappa shape index (κ3) is 3.58. The van der Waals surface area contributed by atoms with E-state index in [0.29, 0.717) is 23.5 Å². The maximum absolute atomic E-state index is 13.7. The summed E-state index contributed by atoms with van der Waals surface area (Å²) in [6.45, 7) is 0.724. The van der Waals surface area contributed by atoms with E-state index >= 15 is 0 Å². The van der Waals surface area contributed by atoms with Crippen LogP contribution in [0.15, 0.2) is 54.9 Å². The predicted molar refractivity (Wildman–Crippen MR) is 90.2 cm³/mol. The van der Waals surface area contributed by atoms with Gasteiger partial charge >= 0.3 is 0 Å². The molecule has 0 amide bonds. The first kappa shape index (κ1) is 16.5. The normalized spacial score (nSPS) is 11.2. The average Bonchev–Trinajstić information content (AvgIpc) is 2.92. The zero-order valence-electron chi connectivity index (χ0n) is 13.1. The molecule has 7 heteroatoms. The van der Waals surface area contributed by atoms with Crippen molar-refractivity contribution in [2.24, 2.45) is 0 Å². The van der Waals surface area contributed by atoms with E-state index in [4.69, 9.17) is 12.2 Å². The number of hydrogen-bond donors (Lipinski definition) is 0. The number of para-hydroxylation sites is 1. The zero-order chi connectivity index (χ0) is 17.1. The molecular formula is C17H16F2N4S. The molecule has 0 aliphatic rings. The largest absolute Gasteiger partial charge is 0.283 e. The van der Waals surface area contributed by atoms with Crippen LogP contribution in [0.1, 0.15) is 5.56 Å². The average molecular weight is 346 g/mol. The van der Waals surface area contributed by atoms with Gasteiger partial charge < -0.3 is 0 Å². The van der Waals surface area contributed by atoms with Crippen molar-refractivity contribution in [3.05, 3.63) is 76.8 Å². The number of nitrogens with zero attached hydrogens (tertiary/aromatic N) is 4. The second-order valence-corrected chi connectivity index (χ2v) is 5.88. The summed E-state index contributed by atoms with van der Waals surface area (Å²) in [6.07, 6.45) is 1.66. The zero-order valence-corrected chi connectivity index (χ0v) is 13.9. The Morgan fingerprint density at radius 2 is 1.88 bits per heavy atom. The number of hydrogen-bond acceptors (Lipinski definition) is 3. The lowest BCUT2D eigenvalue weighted by atomic mass is 10.2. The van der Waals surface area contributed by atoms with Crippen LogP contribution in [0.3, 0.4) is 0 Å². The van der Waals surface area contributed by atoms with Crippen LogP contribution in [0.2, 0.25) is 0 Å². The molecule has 0 unspecified atom stereocenters. The Kier molecular flexibility index (Phi) is 4.82. The Hall–Kier alpha value is -2.38. The van der Waals surface area contributed by atoms with Crippen molar-refractivity contribution in [1.29, 1.82) is 0 Å². The molecule has 0 bridgehead atoms. The van der Waals surface area contributed by atoms with Gasteiger partial charge in [0.1, 0.15) is 18.0 Å². The van der Waals surface area contributed by atoms with E-state index in [1.807, 2.05) is 46.8 Å². The molecule has 0 aliphatic carbocycles. The van der Waals surface area contributed by atoms with Crippen molar-refractivity contribution >= 4 is 12.2 Å². The van der Waals surface area contributed by atoms with Crippen LogP contribution >= 0.6 is 12.2 Å². The highest BCUT2D eigenvalue weighted by Gasteiger charge is 2.10. The monoisotopic (exact) mass is 346 g/mol. The fraction of sp³-hybridized carbons (Fsp3) is 0.176. The molecular weight excluding hydrogens is 330 g/mol. The first-order valence-corrected chi connectivity index (χ1v) is 7.78. The summed E-state index contributed by atoms with van der Waals surface area (Å²) in [5.41, 5.74) is 1.36. The molecule has 0 radical (unpaired) electrons. The molecule has 1 aromatic heterocycles. The first-order chi connectivity index (χ1) is 11.5. The van der Waals surface area contributed by atoms with Crippen molar-refractivity contribution in [1.82, 2.24) is 19.2 Å². The fourth-order valence-electron chi connectivity index (χ4n) is 2.42. The maximum Gasteiger partial charge on any atom is 0.203 e. The van der Waals surface area contributed by atoms with E-state index in [1.165, 1.54) is 12.1 Å². The SMILES string of the molecule is CN(Cc1ccc(F)cc1F)Cn1ncn(-c2ccccc2)c1=S. The van der Waals surface area contributed by atoms with Crippen molar-refractivity contribution in [3.8, 4) is 5.69 Å². The van der Waals surface area contributed by atoms with Crippen molar-refractivity contribution in [2.45, 2.75) is 13.2 Å². The molecule has 0 atom stereocenters. The van der Waals surface area contributed by atoms with Gasteiger partial charge in [0.25, 0.3) is 0 Å². The molecule has 4 nitrogen and oxygen atoms in total. The Labute approximate surface area is 143 Å². The standard InChI is InChI=1S/C17H16F2N4S/c1-21(10-13-7-8-14(18)9-16(13)19)12-23-17(24)22(11-20-23)15-5-3-2-4-6-15/h2-9,11H,10,12H2,1H3. The second-order valence-electron chi connectivity index (χ2n) is 5.51. The molecule has 0 N–H and O–H groups in total. The lowest BCUT2D eigenvalue weighted by Gasteiger charge is -2.17. The molecule has 0 aliphatic heterocycles. The highest BCUT2D eigenvalue weighted by Crippen LogP contribution is 2.13. The van der Waals surface area contributed by atoms with Gasteiger partial charge in [0.05, 0.1) is 6.67 Å². The summed E-state index contributed by atoms with van der Waals surface area (Å²) < 4.78 is 30.7. The Morgan fingerprint density at radius 1 is 1.12 bits per heavy atom. The lowest BCUT2D eigenvalue weighted by molar-refractivity contribution is 0.241. The minimum atomic E-state index is -0.581. The maximum atomic E-state index is 13.7. The topological polar surface area (TPSA) is 26.0 Å².